The third kappa shape index (κ3) is 3.80. The van der Waals surface area contributed by atoms with Gasteiger partial charge in [0.2, 0.25) is 0 Å². The van der Waals surface area contributed by atoms with Gasteiger partial charge >= 0.3 is 7.12 Å². The molecule has 1 saturated heterocycles. The summed E-state index contributed by atoms with van der Waals surface area (Å²) < 4.78 is 0. The Hall–Kier alpha value is -0.915. The van der Waals surface area contributed by atoms with Crippen molar-refractivity contribution in [1.82, 2.24) is 5.06 Å². The second-order valence-corrected chi connectivity index (χ2v) is 5.84. The van der Waals surface area contributed by atoms with Crippen molar-refractivity contribution in [3.8, 4) is 0 Å². The number of hydrogen-bond donors (Lipinski definition) is 4. The van der Waals surface area contributed by atoms with E-state index >= 15 is 0 Å². The maximum Gasteiger partial charge on any atom is 0.488 e. The van der Waals surface area contributed by atoms with Crippen LogP contribution in [0.25, 0.3) is 0 Å². The van der Waals surface area contributed by atoms with Crippen LogP contribution in [0, 0.1) is 0 Å². The summed E-state index contributed by atoms with van der Waals surface area (Å²) in [7, 11) is -1.49. The van der Waals surface area contributed by atoms with Crippen LogP contribution >= 0.6 is 0 Å². The van der Waals surface area contributed by atoms with Crippen LogP contribution < -0.4 is 5.46 Å². The summed E-state index contributed by atoms with van der Waals surface area (Å²) in [4.78, 5) is 0. The molecule has 0 amide bonds. The van der Waals surface area contributed by atoms with Gasteiger partial charge in [0, 0.05) is 19.0 Å². The second-order valence-electron chi connectivity index (χ2n) is 5.84. The summed E-state index contributed by atoms with van der Waals surface area (Å²) in [6.07, 6.45) is 2.31. The third-order valence-electron chi connectivity index (χ3n) is 4.00. The summed E-state index contributed by atoms with van der Waals surface area (Å²) in [5.41, 5.74) is 0.434. The van der Waals surface area contributed by atoms with E-state index in [1.165, 1.54) is 5.06 Å². The zero-order valence-corrected chi connectivity index (χ0v) is 11.7. The Bertz CT molecular complexity index is 457. The van der Waals surface area contributed by atoms with E-state index in [1.54, 1.807) is 18.2 Å². The molecule has 4 N–H and O–H groups in total. The highest BCUT2D eigenvalue weighted by Crippen LogP contribution is 2.28. The van der Waals surface area contributed by atoms with Crippen LogP contribution in [0.5, 0.6) is 0 Å². The number of rotatable bonds is 3. The van der Waals surface area contributed by atoms with Crippen molar-refractivity contribution in [2.75, 3.05) is 6.54 Å². The van der Waals surface area contributed by atoms with Crippen molar-refractivity contribution in [3.05, 3.63) is 29.8 Å². The topological polar surface area (TPSA) is 84.2 Å². The molecule has 0 radical (unpaired) electrons. The smallest absolute Gasteiger partial charge is 0.423 e. The third-order valence-corrected chi connectivity index (χ3v) is 4.00. The number of hydrogen-bond acceptors (Lipinski definition) is 5. The molecule has 6 heteroatoms. The van der Waals surface area contributed by atoms with Crippen LogP contribution in [0.4, 0.5) is 0 Å². The molecule has 1 fully saturated rings. The molecule has 1 aromatic rings. The van der Waals surface area contributed by atoms with Gasteiger partial charge < -0.3 is 20.4 Å². The first-order valence-corrected chi connectivity index (χ1v) is 7.02. The van der Waals surface area contributed by atoms with Crippen molar-refractivity contribution in [3.63, 3.8) is 0 Å². The molecule has 1 aromatic carbocycles. The van der Waals surface area contributed by atoms with Gasteiger partial charge in [0.15, 0.2) is 0 Å². The van der Waals surface area contributed by atoms with Gasteiger partial charge in [-0.05, 0) is 37.2 Å². The first kappa shape index (κ1) is 15.5. The monoisotopic (exact) mass is 279 g/mol. The lowest BCUT2D eigenvalue weighted by Crippen LogP contribution is -2.38. The van der Waals surface area contributed by atoms with Gasteiger partial charge in [-0.3, -0.25) is 0 Å². The minimum atomic E-state index is -1.49. The van der Waals surface area contributed by atoms with E-state index in [-0.39, 0.29) is 6.04 Å². The van der Waals surface area contributed by atoms with Crippen LogP contribution in [0.3, 0.4) is 0 Å². The molecule has 5 nitrogen and oxygen atoms in total. The number of hydroxylamine groups is 2. The first-order valence-electron chi connectivity index (χ1n) is 7.02. The molecule has 2 unspecified atom stereocenters. The summed E-state index contributed by atoms with van der Waals surface area (Å²) in [6, 6.07) is 6.88. The maximum atomic E-state index is 10.8. The fraction of sp³-hybridized carbons (Fsp3) is 0.571. The average Bonchev–Trinajstić information content (AvgIpc) is 2.49. The predicted molar refractivity (Wildman–Crippen MR) is 76.7 cm³/mol. The fourth-order valence-electron chi connectivity index (χ4n) is 2.95. The second kappa shape index (κ2) is 6.24. The number of benzene rings is 1. The largest absolute Gasteiger partial charge is 0.488 e. The quantitative estimate of drug-likeness (QED) is 0.581. The molecule has 0 aliphatic carbocycles. The zero-order valence-electron chi connectivity index (χ0n) is 11.7. The zero-order chi connectivity index (χ0) is 14.8. The highest BCUT2D eigenvalue weighted by molar-refractivity contribution is 6.58. The van der Waals surface area contributed by atoms with Gasteiger partial charge in [0.25, 0.3) is 0 Å². The van der Waals surface area contributed by atoms with Crippen molar-refractivity contribution in [1.29, 1.82) is 0 Å². The van der Waals surface area contributed by atoms with Crippen molar-refractivity contribution in [2.45, 2.75) is 44.2 Å². The van der Waals surface area contributed by atoms with Crippen LogP contribution in [-0.4, -0.2) is 50.7 Å². The van der Waals surface area contributed by atoms with Crippen molar-refractivity contribution in [2.24, 2.45) is 0 Å². The molecule has 1 heterocycles. The Kier molecular flexibility index (Phi) is 4.83. The molecule has 0 aromatic heterocycles. The lowest BCUT2D eigenvalue weighted by Gasteiger charge is -2.29. The summed E-state index contributed by atoms with van der Waals surface area (Å²) in [6.45, 7) is 2.46. The molecule has 0 saturated carbocycles. The molecular weight excluding hydrogens is 257 g/mol. The summed E-state index contributed by atoms with van der Waals surface area (Å²) in [5, 5.41) is 40.2. The van der Waals surface area contributed by atoms with Crippen LogP contribution in [0.2, 0.25) is 0 Å². The van der Waals surface area contributed by atoms with Crippen LogP contribution in [0.15, 0.2) is 24.3 Å². The Labute approximate surface area is 119 Å². The molecule has 20 heavy (non-hydrogen) atoms. The predicted octanol–water partition coefficient (Wildman–Crippen LogP) is -0.0964. The highest BCUT2D eigenvalue weighted by atomic mass is 16.5. The van der Waals surface area contributed by atoms with Gasteiger partial charge in [-0.15, -0.1) is 0 Å². The van der Waals surface area contributed by atoms with Crippen LogP contribution in [-0.2, 0) is 6.42 Å². The van der Waals surface area contributed by atoms with E-state index in [1.807, 2.05) is 13.0 Å². The van der Waals surface area contributed by atoms with Crippen LogP contribution in [0.1, 0.15) is 31.7 Å². The Balaban J connectivity index is 2.13. The van der Waals surface area contributed by atoms with Crippen molar-refractivity contribution >= 4 is 12.6 Å². The lowest BCUT2D eigenvalue weighted by molar-refractivity contribution is -0.126. The van der Waals surface area contributed by atoms with E-state index in [2.05, 4.69) is 0 Å². The van der Waals surface area contributed by atoms with Gasteiger partial charge in [-0.25, -0.2) is 0 Å². The lowest BCUT2D eigenvalue weighted by atomic mass is 9.78. The van der Waals surface area contributed by atoms with Crippen molar-refractivity contribution < 1.29 is 20.4 Å². The summed E-state index contributed by atoms with van der Waals surface area (Å²) in [5.74, 6) is 0. The standard InChI is InChI=1S/C14H22BNO4/c1-11-9-14(17,6-3-7-16(11)20)10-12-4-2-5-13(8-12)15(18)19/h2,4-5,8,11,17-20H,3,6-7,9-10H2,1H3. The van der Waals surface area contributed by atoms with Gasteiger partial charge in [-0.2, -0.15) is 5.06 Å². The molecule has 2 atom stereocenters. The van der Waals surface area contributed by atoms with E-state index in [0.29, 0.717) is 31.3 Å². The van der Waals surface area contributed by atoms with Gasteiger partial charge in [-0.1, -0.05) is 24.3 Å². The Morgan fingerprint density at radius 2 is 2.15 bits per heavy atom. The molecule has 0 bridgehead atoms. The summed E-state index contributed by atoms with van der Waals surface area (Å²) >= 11 is 0. The molecule has 1 aliphatic rings. The van der Waals surface area contributed by atoms with E-state index < -0.39 is 12.7 Å². The Morgan fingerprint density at radius 1 is 1.40 bits per heavy atom. The van der Waals surface area contributed by atoms with Gasteiger partial charge in [0.1, 0.15) is 0 Å². The molecule has 0 spiro atoms. The van der Waals surface area contributed by atoms with Gasteiger partial charge in [0.05, 0.1) is 5.60 Å². The molecule has 1 aliphatic heterocycles. The molecule has 110 valence electrons. The highest BCUT2D eigenvalue weighted by Gasteiger charge is 2.34. The minimum Gasteiger partial charge on any atom is -0.423 e. The fourth-order valence-corrected chi connectivity index (χ4v) is 2.95. The first-order chi connectivity index (χ1) is 9.39. The minimum absolute atomic E-state index is 0.0888. The molecule has 2 rings (SSSR count). The average molecular weight is 279 g/mol. The normalized spacial score (nSPS) is 28.1. The maximum absolute atomic E-state index is 10.8. The SMILES string of the molecule is CC1CC(O)(Cc2cccc(B(O)O)c2)CCCN1O. The Morgan fingerprint density at radius 3 is 2.85 bits per heavy atom. The van der Waals surface area contributed by atoms with E-state index in [0.717, 1.165) is 12.0 Å². The van der Waals surface area contributed by atoms with E-state index in [9.17, 15) is 20.4 Å². The number of aliphatic hydroxyl groups is 1. The number of nitrogens with zero attached hydrogens (tertiary/aromatic N) is 1. The molecular formula is C14H22BNO4. The van der Waals surface area contributed by atoms with E-state index in [4.69, 9.17) is 0 Å².